The van der Waals surface area contributed by atoms with Crippen LogP contribution in [0.4, 0.5) is 11.4 Å². The Morgan fingerprint density at radius 2 is 1.47 bits per heavy atom. The zero-order chi connectivity index (χ0) is 23.4. The predicted octanol–water partition coefficient (Wildman–Crippen LogP) is 2.96. The normalized spacial score (nSPS) is 15.7. The number of sulfonamides is 2. The highest BCUT2D eigenvalue weighted by molar-refractivity contribution is 7.92. The smallest absolute Gasteiger partial charge is 0.245 e. The Bertz CT molecular complexity index is 1140. The van der Waals surface area contributed by atoms with Gasteiger partial charge in [-0.05, 0) is 56.2 Å². The molecule has 0 saturated carbocycles. The molecule has 8 nitrogen and oxygen atoms in total. The summed E-state index contributed by atoms with van der Waals surface area (Å²) in [7, 11) is -7.25. The van der Waals surface area contributed by atoms with Crippen LogP contribution >= 0.6 is 0 Å². The molecule has 0 spiro atoms. The minimum atomic E-state index is -3.67. The summed E-state index contributed by atoms with van der Waals surface area (Å²) >= 11 is 0. The molecule has 0 aromatic heterocycles. The molecule has 1 heterocycles. The van der Waals surface area contributed by atoms with Crippen molar-refractivity contribution in [3.8, 4) is 0 Å². The van der Waals surface area contributed by atoms with Crippen molar-refractivity contribution in [3.63, 3.8) is 0 Å². The van der Waals surface area contributed by atoms with Gasteiger partial charge in [-0.2, -0.15) is 4.31 Å². The molecule has 2 aromatic carbocycles. The molecule has 0 atom stereocenters. The highest BCUT2D eigenvalue weighted by Crippen LogP contribution is 2.22. The summed E-state index contributed by atoms with van der Waals surface area (Å²) < 4.78 is 52.7. The van der Waals surface area contributed by atoms with Crippen LogP contribution < -0.4 is 9.62 Å². The lowest BCUT2D eigenvalue weighted by atomic mass is 10.2. The monoisotopic (exact) mass is 479 g/mol. The summed E-state index contributed by atoms with van der Waals surface area (Å²) in [6, 6.07) is 12.8. The number of nitrogens with one attached hydrogen (secondary N) is 1. The van der Waals surface area contributed by atoms with Crippen LogP contribution in [0.1, 0.15) is 31.2 Å². The number of nitrogens with zero attached hydrogens (tertiary/aromatic N) is 2. The second-order valence-electron chi connectivity index (χ2n) is 8.00. The lowest BCUT2D eigenvalue weighted by molar-refractivity contribution is -0.114. The maximum Gasteiger partial charge on any atom is 0.245 e. The Kier molecular flexibility index (Phi) is 7.58. The van der Waals surface area contributed by atoms with Crippen LogP contribution in [-0.4, -0.2) is 52.9 Å². The number of aryl methyl sites for hydroxylation is 1. The number of amides is 1. The van der Waals surface area contributed by atoms with Gasteiger partial charge in [0.2, 0.25) is 26.0 Å². The molecule has 3 rings (SSSR count). The molecule has 1 aliphatic rings. The second kappa shape index (κ2) is 10.0. The molecule has 0 radical (unpaired) electrons. The van der Waals surface area contributed by atoms with Crippen molar-refractivity contribution in [2.24, 2.45) is 0 Å². The largest absolute Gasteiger partial charge is 0.325 e. The molecule has 32 heavy (non-hydrogen) atoms. The van der Waals surface area contributed by atoms with Crippen molar-refractivity contribution < 1.29 is 21.6 Å². The summed E-state index contributed by atoms with van der Waals surface area (Å²) in [5.74, 6) is -0.529. The van der Waals surface area contributed by atoms with E-state index in [1.54, 1.807) is 24.3 Å². The Morgan fingerprint density at radius 1 is 0.906 bits per heavy atom. The highest BCUT2D eigenvalue weighted by atomic mass is 32.2. The van der Waals surface area contributed by atoms with Crippen LogP contribution in [0.3, 0.4) is 0 Å². The third-order valence-corrected chi connectivity index (χ3v) is 8.40. The molecule has 0 unspecified atom stereocenters. The van der Waals surface area contributed by atoms with Gasteiger partial charge in [0.1, 0.15) is 6.54 Å². The van der Waals surface area contributed by atoms with Crippen molar-refractivity contribution in [2.75, 3.05) is 35.5 Å². The van der Waals surface area contributed by atoms with Gasteiger partial charge in [-0.3, -0.25) is 9.10 Å². The highest BCUT2D eigenvalue weighted by Gasteiger charge is 2.25. The zero-order valence-electron chi connectivity index (χ0n) is 18.3. The van der Waals surface area contributed by atoms with Gasteiger partial charge in [0.25, 0.3) is 0 Å². The molecule has 0 bridgehead atoms. The average molecular weight is 480 g/mol. The van der Waals surface area contributed by atoms with Gasteiger partial charge in [-0.25, -0.2) is 16.8 Å². The summed E-state index contributed by atoms with van der Waals surface area (Å²) in [6.45, 7) is 2.52. The molecule has 0 aliphatic carbocycles. The van der Waals surface area contributed by atoms with E-state index in [9.17, 15) is 21.6 Å². The van der Waals surface area contributed by atoms with Crippen molar-refractivity contribution in [3.05, 3.63) is 54.1 Å². The summed E-state index contributed by atoms with van der Waals surface area (Å²) in [4.78, 5) is 12.7. The van der Waals surface area contributed by atoms with Crippen LogP contribution in [-0.2, 0) is 24.8 Å². The third kappa shape index (κ3) is 6.08. The number of benzene rings is 2. The molecule has 2 aromatic rings. The quantitative estimate of drug-likeness (QED) is 0.658. The van der Waals surface area contributed by atoms with Crippen molar-refractivity contribution in [1.82, 2.24) is 4.31 Å². The fourth-order valence-corrected chi connectivity index (χ4v) is 5.96. The van der Waals surface area contributed by atoms with Crippen LogP contribution in [0, 0.1) is 6.92 Å². The maximum absolute atomic E-state index is 12.9. The molecular formula is C22H29N3O5S2. The molecule has 1 fully saturated rings. The van der Waals surface area contributed by atoms with Gasteiger partial charge in [-0.1, -0.05) is 30.5 Å². The fraction of sp³-hybridized carbons (Fsp3) is 0.409. The van der Waals surface area contributed by atoms with E-state index in [2.05, 4.69) is 5.32 Å². The fourth-order valence-electron chi connectivity index (χ4n) is 3.58. The van der Waals surface area contributed by atoms with Gasteiger partial charge in [0.15, 0.2) is 0 Å². The molecule has 174 valence electrons. The van der Waals surface area contributed by atoms with Gasteiger partial charge in [0, 0.05) is 18.8 Å². The van der Waals surface area contributed by atoms with E-state index in [1.807, 2.05) is 6.92 Å². The van der Waals surface area contributed by atoms with Gasteiger partial charge in [-0.15, -0.1) is 0 Å². The van der Waals surface area contributed by atoms with E-state index in [0.717, 1.165) is 41.8 Å². The first-order valence-electron chi connectivity index (χ1n) is 10.5. The van der Waals surface area contributed by atoms with Gasteiger partial charge in [0.05, 0.1) is 16.8 Å². The van der Waals surface area contributed by atoms with Crippen molar-refractivity contribution in [1.29, 1.82) is 0 Å². The topological polar surface area (TPSA) is 104 Å². The lowest BCUT2D eigenvalue weighted by Crippen LogP contribution is -2.37. The Balaban J connectivity index is 1.70. The number of rotatable bonds is 7. The number of carbonyl (C=O) groups excluding carboxylic acids is 1. The van der Waals surface area contributed by atoms with E-state index in [4.69, 9.17) is 0 Å². The Labute approximate surface area is 190 Å². The number of hydrogen-bond acceptors (Lipinski definition) is 5. The van der Waals surface area contributed by atoms with Crippen molar-refractivity contribution in [2.45, 2.75) is 37.5 Å². The van der Waals surface area contributed by atoms with E-state index < -0.39 is 32.5 Å². The standard InChI is InChI=1S/C22H29N3O5S2/c1-18-7-11-20(12-8-18)25(31(2,27)28)17-22(26)23-19-9-13-21(14-10-19)32(29,30)24-15-5-3-4-6-16-24/h7-14H,3-6,15-17H2,1-2H3,(H,23,26). The van der Waals surface area contributed by atoms with E-state index in [-0.39, 0.29) is 4.90 Å². The van der Waals surface area contributed by atoms with Crippen LogP contribution in [0.15, 0.2) is 53.4 Å². The summed E-state index contributed by atoms with van der Waals surface area (Å²) in [5.41, 5.74) is 1.76. The Morgan fingerprint density at radius 3 is 2.00 bits per heavy atom. The van der Waals surface area contributed by atoms with Crippen LogP contribution in [0.25, 0.3) is 0 Å². The third-order valence-electron chi connectivity index (χ3n) is 5.35. The van der Waals surface area contributed by atoms with E-state index in [0.29, 0.717) is 24.5 Å². The minimum Gasteiger partial charge on any atom is -0.325 e. The maximum atomic E-state index is 12.9. The van der Waals surface area contributed by atoms with Crippen LogP contribution in [0.2, 0.25) is 0 Å². The van der Waals surface area contributed by atoms with Gasteiger partial charge >= 0.3 is 0 Å². The molecule has 1 amide bonds. The molecule has 1 aliphatic heterocycles. The SMILES string of the molecule is Cc1ccc(N(CC(=O)Nc2ccc(S(=O)(=O)N3CCCCCC3)cc2)S(C)(=O)=O)cc1. The summed E-state index contributed by atoms with van der Waals surface area (Å²) in [6.07, 6.45) is 4.81. The molecule has 10 heteroatoms. The summed E-state index contributed by atoms with van der Waals surface area (Å²) in [5, 5.41) is 2.64. The first kappa shape index (κ1) is 24.2. The predicted molar refractivity (Wildman–Crippen MR) is 126 cm³/mol. The first-order valence-corrected chi connectivity index (χ1v) is 13.8. The van der Waals surface area contributed by atoms with Crippen molar-refractivity contribution >= 4 is 37.3 Å². The molecular weight excluding hydrogens is 450 g/mol. The number of carbonyl (C=O) groups is 1. The average Bonchev–Trinajstić information content (AvgIpc) is 3.03. The number of hydrogen-bond donors (Lipinski definition) is 1. The first-order chi connectivity index (χ1) is 15.1. The molecule has 1 N–H and O–H groups in total. The second-order valence-corrected chi connectivity index (χ2v) is 11.8. The van der Waals surface area contributed by atoms with Gasteiger partial charge < -0.3 is 5.32 Å². The van der Waals surface area contributed by atoms with E-state index in [1.165, 1.54) is 28.6 Å². The Hall–Kier alpha value is -2.43. The zero-order valence-corrected chi connectivity index (χ0v) is 20.0. The van der Waals surface area contributed by atoms with E-state index >= 15 is 0 Å². The molecule has 1 saturated heterocycles. The lowest BCUT2D eigenvalue weighted by Gasteiger charge is -2.22. The number of anilines is 2. The van der Waals surface area contributed by atoms with Crippen LogP contribution in [0.5, 0.6) is 0 Å². The minimum absolute atomic E-state index is 0.176.